The minimum Gasteiger partial charge on any atom is -0.460 e. The minimum absolute atomic E-state index is 0.0680. The van der Waals surface area contributed by atoms with E-state index in [0.29, 0.717) is 11.0 Å². The van der Waals surface area contributed by atoms with Crippen molar-refractivity contribution in [2.45, 2.75) is 6.61 Å². The number of ether oxygens (including phenoxy) is 2. The van der Waals surface area contributed by atoms with Gasteiger partial charge in [-0.25, -0.2) is 4.79 Å². The van der Waals surface area contributed by atoms with Crippen LogP contribution in [0.25, 0.3) is 11.0 Å². The highest BCUT2D eigenvalue weighted by Gasteiger charge is 2.13. The van der Waals surface area contributed by atoms with Crippen molar-refractivity contribution in [3.63, 3.8) is 0 Å². The molecule has 0 radical (unpaired) electrons. The maximum absolute atomic E-state index is 12.1. The van der Waals surface area contributed by atoms with Gasteiger partial charge in [-0.15, -0.1) is 0 Å². The summed E-state index contributed by atoms with van der Waals surface area (Å²) in [7, 11) is 0. The van der Waals surface area contributed by atoms with Gasteiger partial charge in [-0.1, -0.05) is 42.5 Å². The highest BCUT2D eigenvalue weighted by atomic mass is 16.7. The lowest BCUT2D eigenvalue weighted by atomic mass is 10.2. The first kappa shape index (κ1) is 13.9. The number of carbonyl (C=O) groups is 1. The maximum Gasteiger partial charge on any atom is 0.514 e. The summed E-state index contributed by atoms with van der Waals surface area (Å²) in [6.45, 7) is 0.0680. The van der Waals surface area contributed by atoms with Crippen LogP contribution in [0.4, 0.5) is 4.79 Å². The molecule has 5 heteroatoms. The molecule has 22 heavy (non-hydrogen) atoms. The summed E-state index contributed by atoms with van der Waals surface area (Å²) in [6, 6.07) is 15.9. The number of hydrogen-bond acceptors (Lipinski definition) is 5. The normalized spacial score (nSPS) is 10.4. The fourth-order valence-corrected chi connectivity index (χ4v) is 1.97. The number of para-hydroxylation sites is 1. The van der Waals surface area contributed by atoms with Gasteiger partial charge < -0.3 is 13.9 Å². The highest BCUT2D eigenvalue weighted by Crippen LogP contribution is 2.15. The van der Waals surface area contributed by atoms with E-state index in [-0.39, 0.29) is 12.4 Å². The van der Waals surface area contributed by atoms with Crippen molar-refractivity contribution in [2.24, 2.45) is 0 Å². The Balaban J connectivity index is 1.72. The lowest BCUT2D eigenvalue weighted by molar-refractivity contribution is 0.0918. The molecule has 0 bridgehead atoms. The van der Waals surface area contributed by atoms with E-state index in [1.807, 2.05) is 30.3 Å². The molecule has 3 aromatic rings. The topological polar surface area (TPSA) is 65.7 Å². The second-order valence-electron chi connectivity index (χ2n) is 4.55. The molecule has 1 aromatic heterocycles. The second-order valence-corrected chi connectivity index (χ2v) is 4.55. The van der Waals surface area contributed by atoms with E-state index < -0.39 is 11.6 Å². The van der Waals surface area contributed by atoms with Gasteiger partial charge in [0.05, 0.1) is 5.39 Å². The SMILES string of the molecule is O=C(OCc1ccccc1)Oc1coc2ccccc2c1=O. The first-order chi connectivity index (χ1) is 10.7. The van der Waals surface area contributed by atoms with Crippen molar-refractivity contribution < 1.29 is 18.7 Å². The largest absolute Gasteiger partial charge is 0.514 e. The van der Waals surface area contributed by atoms with E-state index in [1.54, 1.807) is 24.3 Å². The van der Waals surface area contributed by atoms with Gasteiger partial charge in [-0.05, 0) is 17.7 Å². The standard InChI is InChI=1S/C17H12O5/c18-16-13-8-4-5-9-14(13)20-11-15(16)22-17(19)21-10-12-6-2-1-3-7-12/h1-9,11H,10H2. The van der Waals surface area contributed by atoms with Crippen LogP contribution in [0.15, 0.2) is 70.1 Å². The number of fused-ring (bicyclic) bond motifs is 1. The van der Waals surface area contributed by atoms with Gasteiger partial charge in [0.2, 0.25) is 11.2 Å². The van der Waals surface area contributed by atoms with Crippen molar-refractivity contribution >= 4 is 17.1 Å². The maximum atomic E-state index is 12.1. The van der Waals surface area contributed by atoms with Crippen molar-refractivity contribution in [1.29, 1.82) is 0 Å². The van der Waals surface area contributed by atoms with Gasteiger partial charge in [0.25, 0.3) is 0 Å². The minimum atomic E-state index is -0.952. The summed E-state index contributed by atoms with van der Waals surface area (Å²) in [4.78, 5) is 23.8. The molecule has 5 nitrogen and oxygen atoms in total. The summed E-state index contributed by atoms with van der Waals surface area (Å²) < 4.78 is 15.1. The Morgan fingerprint density at radius 1 is 1.00 bits per heavy atom. The first-order valence-corrected chi connectivity index (χ1v) is 6.63. The monoisotopic (exact) mass is 296 g/mol. The third kappa shape index (κ3) is 2.98. The number of carbonyl (C=O) groups excluding carboxylic acids is 1. The van der Waals surface area contributed by atoms with E-state index in [0.717, 1.165) is 11.8 Å². The van der Waals surface area contributed by atoms with Crippen molar-refractivity contribution in [2.75, 3.05) is 0 Å². The van der Waals surface area contributed by atoms with Crippen LogP contribution in [-0.2, 0) is 11.3 Å². The predicted octanol–water partition coefficient (Wildman–Crippen LogP) is 3.51. The number of benzene rings is 2. The highest BCUT2D eigenvalue weighted by molar-refractivity contribution is 5.78. The Labute approximate surface area is 125 Å². The zero-order chi connectivity index (χ0) is 15.4. The lowest BCUT2D eigenvalue weighted by Crippen LogP contribution is -2.15. The van der Waals surface area contributed by atoms with E-state index in [9.17, 15) is 9.59 Å². The molecule has 0 spiro atoms. The molecule has 0 aliphatic rings. The lowest BCUT2D eigenvalue weighted by Gasteiger charge is -2.05. The molecule has 3 rings (SSSR count). The molecule has 0 aliphatic heterocycles. The quantitative estimate of drug-likeness (QED) is 0.692. The molecular weight excluding hydrogens is 284 g/mol. The zero-order valence-electron chi connectivity index (χ0n) is 11.5. The molecule has 0 atom stereocenters. The molecule has 0 aliphatic carbocycles. The van der Waals surface area contributed by atoms with E-state index in [2.05, 4.69) is 0 Å². The van der Waals surface area contributed by atoms with Crippen LogP contribution in [0.5, 0.6) is 5.75 Å². The third-order valence-corrected chi connectivity index (χ3v) is 3.04. The Kier molecular flexibility index (Phi) is 3.87. The van der Waals surface area contributed by atoms with Crippen LogP contribution in [0, 0.1) is 0 Å². The van der Waals surface area contributed by atoms with Crippen LogP contribution in [0.3, 0.4) is 0 Å². The van der Waals surface area contributed by atoms with Gasteiger partial charge in [-0.3, -0.25) is 4.79 Å². The fourth-order valence-electron chi connectivity index (χ4n) is 1.97. The van der Waals surface area contributed by atoms with E-state index in [1.165, 1.54) is 0 Å². The summed E-state index contributed by atoms with van der Waals surface area (Å²) in [5, 5.41) is 0.343. The average Bonchev–Trinajstić information content (AvgIpc) is 2.57. The predicted molar refractivity (Wildman–Crippen MR) is 79.7 cm³/mol. The number of rotatable bonds is 3. The van der Waals surface area contributed by atoms with Gasteiger partial charge in [0, 0.05) is 0 Å². The Morgan fingerprint density at radius 3 is 2.55 bits per heavy atom. The van der Waals surface area contributed by atoms with Gasteiger partial charge in [0.1, 0.15) is 18.5 Å². The second kappa shape index (κ2) is 6.13. The molecular formula is C17H12O5. The van der Waals surface area contributed by atoms with Crippen LogP contribution >= 0.6 is 0 Å². The van der Waals surface area contributed by atoms with Crippen molar-refractivity contribution in [3.05, 3.63) is 76.6 Å². The van der Waals surface area contributed by atoms with Crippen LogP contribution in [0.2, 0.25) is 0 Å². The Morgan fingerprint density at radius 2 is 1.73 bits per heavy atom. The molecule has 0 saturated carbocycles. The molecule has 1 heterocycles. The number of hydrogen-bond donors (Lipinski definition) is 0. The Hall–Kier alpha value is -3.08. The van der Waals surface area contributed by atoms with Crippen molar-refractivity contribution in [1.82, 2.24) is 0 Å². The molecule has 0 amide bonds. The van der Waals surface area contributed by atoms with Gasteiger partial charge in [0.15, 0.2) is 0 Å². The van der Waals surface area contributed by atoms with Gasteiger partial charge >= 0.3 is 6.16 Å². The van der Waals surface area contributed by atoms with Crippen LogP contribution in [-0.4, -0.2) is 6.16 Å². The van der Waals surface area contributed by atoms with Crippen LogP contribution < -0.4 is 10.2 Å². The summed E-state index contributed by atoms with van der Waals surface area (Å²) in [5.41, 5.74) is 0.834. The molecule has 0 saturated heterocycles. The van der Waals surface area contributed by atoms with E-state index >= 15 is 0 Å². The molecule has 2 aromatic carbocycles. The Bertz CT molecular complexity index is 852. The summed E-state index contributed by atoms with van der Waals surface area (Å²) in [6.07, 6.45) is 0.153. The van der Waals surface area contributed by atoms with E-state index in [4.69, 9.17) is 13.9 Å². The van der Waals surface area contributed by atoms with Gasteiger partial charge in [-0.2, -0.15) is 0 Å². The smallest absolute Gasteiger partial charge is 0.460 e. The first-order valence-electron chi connectivity index (χ1n) is 6.63. The fraction of sp³-hybridized carbons (Fsp3) is 0.0588. The summed E-state index contributed by atoms with van der Waals surface area (Å²) >= 11 is 0. The van der Waals surface area contributed by atoms with Crippen molar-refractivity contribution in [3.8, 4) is 5.75 Å². The third-order valence-electron chi connectivity index (χ3n) is 3.04. The molecule has 0 fully saturated rings. The average molecular weight is 296 g/mol. The molecule has 0 unspecified atom stereocenters. The zero-order valence-corrected chi connectivity index (χ0v) is 11.5. The summed E-state index contributed by atoms with van der Waals surface area (Å²) in [5.74, 6) is -0.197. The molecule has 110 valence electrons. The van der Waals surface area contributed by atoms with Crippen LogP contribution in [0.1, 0.15) is 5.56 Å². The molecule has 0 N–H and O–H groups in total.